The quantitative estimate of drug-likeness (QED) is 0.604. The zero-order valence-corrected chi connectivity index (χ0v) is 7.50. The molecule has 1 atom stereocenters. The molecule has 1 heterocycles. The van der Waals surface area contributed by atoms with Crippen LogP contribution in [0.25, 0.3) is 0 Å². The van der Waals surface area contributed by atoms with E-state index in [0.29, 0.717) is 6.61 Å². The molecule has 4 nitrogen and oxygen atoms in total. The van der Waals surface area contributed by atoms with Gasteiger partial charge in [-0.2, -0.15) is 0 Å². The SMILES string of the molecule is CCOC(=O)C(C)OC1CNC1. The zero-order valence-electron chi connectivity index (χ0n) is 7.50. The van der Waals surface area contributed by atoms with Crippen LogP contribution in [0.15, 0.2) is 0 Å². The van der Waals surface area contributed by atoms with Crippen molar-refractivity contribution in [2.24, 2.45) is 0 Å². The van der Waals surface area contributed by atoms with Crippen LogP contribution in [0.3, 0.4) is 0 Å². The minimum Gasteiger partial charge on any atom is -0.464 e. The molecule has 1 fully saturated rings. The van der Waals surface area contributed by atoms with E-state index in [1.54, 1.807) is 13.8 Å². The number of hydrogen-bond donors (Lipinski definition) is 1. The average molecular weight is 173 g/mol. The molecule has 1 rings (SSSR count). The molecule has 0 amide bonds. The van der Waals surface area contributed by atoms with Crippen molar-refractivity contribution in [3.05, 3.63) is 0 Å². The number of nitrogens with one attached hydrogen (secondary N) is 1. The predicted molar refractivity (Wildman–Crippen MR) is 43.8 cm³/mol. The van der Waals surface area contributed by atoms with E-state index in [2.05, 4.69) is 5.32 Å². The van der Waals surface area contributed by atoms with Gasteiger partial charge >= 0.3 is 5.97 Å². The minimum atomic E-state index is -0.433. The largest absolute Gasteiger partial charge is 0.464 e. The van der Waals surface area contributed by atoms with Crippen LogP contribution in [0.1, 0.15) is 13.8 Å². The molecule has 0 saturated carbocycles. The van der Waals surface area contributed by atoms with Crippen molar-refractivity contribution in [3.8, 4) is 0 Å². The van der Waals surface area contributed by atoms with Gasteiger partial charge in [0, 0.05) is 13.1 Å². The first-order chi connectivity index (χ1) is 5.74. The van der Waals surface area contributed by atoms with Crippen LogP contribution < -0.4 is 5.32 Å². The summed E-state index contributed by atoms with van der Waals surface area (Å²) in [5.41, 5.74) is 0. The van der Waals surface area contributed by atoms with Gasteiger partial charge in [0.1, 0.15) is 0 Å². The van der Waals surface area contributed by atoms with Gasteiger partial charge in [-0.05, 0) is 13.8 Å². The number of carbonyl (C=O) groups is 1. The van der Waals surface area contributed by atoms with Crippen molar-refractivity contribution in [2.45, 2.75) is 26.1 Å². The number of esters is 1. The molecule has 12 heavy (non-hydrogen) atoms. The number of carbonyl (C=O) groups excluding carboxylic acids is 1. The summed E-state index contributed by atoms with van der Waals surface area (Å²) in [4.78, 5) is 11.1. The summed E-state index contributed by atoms with van der Waals surface area (Å²) in [5.74, 6) is -0.274. The van der Waals surface area contributed by atoms with Crippen LogP contribution in [0.4, 0.5) is 0 Å². The van der Waals surface area contributed by atoms with Crippen molar-refractivity contribution < 1.29 is 14.3 Å². The molecule has 4 heteroatoms. The molecule has 0 radical (unpaired) electrons. The van der Waals surface area contributed by atoms with E-state index in [1.807, 2.05) is 0 Å². The molecule has 1 saturated heterocycles. The topological polar surface area (TPSA) is 47.6 Å². The lowest BCUT2D eigenvalue weighted by Gasteiger charge is -2.29. The Morgan fingerprint density at radius 3 is 2.75 bits per heavy atom. The fourth-order valence-electron chi connectivity index (χ4n) is 0.962. The van der Waals surface area contributed by atoms with Gasteiger partial charge in [-0.15, -0.1) is 0 Å². The first kappa shape index (κ1) is 9.48. The molecule has 0 aliphatic carbocycles. The van der Waals surface area contributed by atoms with Crippen LogP contribution in [-0.2, 0) is 14.3 Å². The van der Waals surface area contributed by atoms with Gasteiger partial charge in [0.2, 0.25) is 0 Å². The average Bonchev–Trinajstić information content (AvgIpc) is 1.97. The Balaban J connectivity index is 2.16. The van der Waals surface area contributed by atoms with Gasteiger partial charge in [0.25, 0.3) is 0 Å². The third-order valence-electron chi connectivity index (χ3n) is 1.76. The smallest absolute Gasteiger partial charge is 0.334 e. The van der Waals surface area contributed by atoms with Gasteiger partial charge in [0.05, 0.1) is 12.7 Å². The van der Waals surface area contributed by atoms with E-state index < -0.39 is 6.10 Å². The number of ether oxygens (including phenoxy) is 2. The van der Waals surface area contributed by atoms with Crippen molar-refractivity contribution in [3.63, 3.8) is 0 Å². The lowest BCUT2D eigenvalue weighted by Crippen LogP contribution is -2.50. The van der Waals surface area contributed by atoms with E-state index in [-0.39, 0.29) is 12.1 Å². The third kappa shape index (κ3) is 2.46. The summed E-state index contributed by atoms with van der Waals surface area (Å²) < 4.78 is 10.2. The Bertz CT molecular complexity index is 156. The summed E-state index contributed by atoms with van der Waals surface area (Å²) in [6, 6.07) is 0. The Morgan fingerprint density at radius 1 is 1.67 bits per heavy atom. The van der Waals surface area contributed by atoms with Gasteiger partial charge in [-0.25, -0.2) is 4.79 Å². The highest BCUT2D eigenvalue weighted by atomic mass is 16.6. The summed E-state index contributed by atoms with van der Waals surface area (Å²) in [6.45, 7) is 5.59. The molecule has 0 aromatic carbocycles. The third-order valence-corrected chi connectivity index (χ3v) is 1.76. The highest BCUT2D eigenvalue weighted by Gasteiger charge is 2.24. The van der Waals surface area contributed by atoms with E-state index in [9.17, 15) is 4.79 Å². The minimum absolute atomic E-state index is 0.185. The second-order valence-corrected chi connectivity index (χ2v) is 2.81. The van der Waals surface area contributed by atoms with Crippen LogP contribution in [-0.4, -0.2) is 37.9 Å². The lowest BCUT2D eigenvalue weighted by molar-refractivity contribution is -0.160. The molecule has 1 N–H and O–H groups in total. The monoisotopic (exact) mass is 173 g/mol. The van der Waals surface area contributed by atoms with Gasteiger partial charge in [-0.3, -0.25) is 0 Å². The number of hydrogen-bond acceptors (Lipinski definition) is 4. The second-order valence-electron chi connectivity index (χ2n) is 2.81. The maximum absolute atomic E-state index is 11.1. The Labute approximate surface area is 72.2 Å². The molecule has 0 aromatic rings. The maximum atomic E-state index is 11.1. The second kappa shape index (κ2) is 4.42. The van der Waals surface area contributed by atoms with Crippen molar-refractivity contribution in [2.75, 3.05) is 19.7 Å². The summed E-state index contributed by atoms with van der Waals surface area (Å²) in [7, 11) is 0. The van der Waals surface area contributed by atoms with Crippen molar-refractivity contribution in [1.82, 2.24) is 5.32 Å². The van der Waals surface area contributed by atoms with E-state index in [1.165, 1.54) is 0 Å². The lowest BCUT2D eigenvalue weighted by atomic mass is 10.2. The Morgan fingerprint density at radius 2 is 2.33 bits per heavy atom. The standard InChI is InChI=1S/C8H15NO3/c1-3-11-8(10)6(2)12-7-4-9-5-7/h6-7,9H,3-5H2,1-2H3. The molecule has 0 spiro atoms. The molecule has 70 valence electrons. The molecular formula is C8H15NO3. The molecule has 0 aromatic heterocycles. The Hall–Kier alpha value is -0.610. The van der Waals surface area contributed by atoms with Crippen LogP contribution in [0, 0.1) is 0 Å². The van der Waals surface area contributed by atoms with E-state index in [4.69, 9.17) is 9.47 Å². The molecule has 1 unspecified atom stereocenters. The zero-order chi connectivity index (χ0) is 8.97. The van der Waals surface area contributed by atoms with E-state index >= 15 is 0 Å². The first-order valence-electron chi connectivity index (χ1n) is 4.27. The van der Waals surface area contributed by atoms with Crippen molar-refractivity contribution >= 4 is 5.97 Å². The summed E-state index contributed by atoms with van der Waals surface area (Å²) in [5, 5.41) is 3.06. The number of rotatable bonds is 4. The normalized spacial score (nSPS) is 19.8. The predicted octanol–water partition coefficient (Wildman–Crippen LogP) is -0.0736. The molecule has 1 aliphatic rings. The summed E-state index contributed by atoms with van der Waals surface area (Å²) in [6.07, 6.45) is -0.249. The molecule has 1 aliphatic heterocycles. The van der Waals surface area contributed by atoms with Gasteiger partial charge < -0.3 is 14.8 Å². The Kier molecular flexibility index (Phi) is 3.49. The fourth-order valence-corrected chi connectivity index (χ4v) is 0.962. The van der Waals surface area contributed by atoms with Crippen LogP contribution >= 0.6 is 0 Å². The van der Waals surface area contributed by atoms with E-state index in [0.717, 1.165) is 13.1 Å². The summed E-state index contributed by atoms with van der Waals surface area (Å²) >= 11 is 0. The first-order valence-corrected chi connectivity index (χ1v) is 4.27. The maximum Gasteiger partial charge on any atom is 0.334 e. The highest BCUT2D eigenvalue weighted by Crippen LogP contribution is 2.04. The van der Waals surface area contributed by atoms with Crippen LogP contribution in [0.5, 0.6) is 0 Å². The van der Waals surface area contributed by atoms with Gasteiger partial charge in [-0.1, -0.05) is 0 Å². The van der Waals surface area contributed by atoms with Crippen LogP contribution in [0.2, 0.25) is 0 Å². The molecule has 0 bridgehead atoms. The van der Waals surface area contributed by atoms with Gasteiger partial charge in [0.15, 0.2) is 6.10 Å². The molecular weight excluding hydrogens is 158 g/mol. The fraction of sp³-hybridized carbons (Fsp3) is 0.875. The van der Waals surface area contributed by atoms with Crippen molar-refractivity contribution in [1.29, 1.82) is 0 Å². The highest BCUT2D eigenvalue weighted by molar-refractivity contribution is 5.74.